The van der Waals surface area contributed by atoms with Crippen LogP contribution in [0, 0.1) is 0 Å². The number of hydrogen-bond donors (Lipinski definition) is 3. The maximum atomic E-state index is 11.5. The zero-order chi connectivity index (χ0) is 23.3. The van der Waals surface area contributed by atoms with Crippen molar-refractivity contribution in [3.8, 4) is 34.0 Å². The lowest BCUT2D eigenvalue weighted by molar-refractivity contribution is 0.418. The SMILES string of the molecule is COc1c(-c2ccc(Cl)cc2)cccc1-c1nc2c(ccc3cc(S(=O)(=O)O)cc(O)c32)[nH]1.Cl. The van der Waals surface area contributed by atoms with E-state index in [0.717, 1.165) is 17.2 Å². The first-order valence-corrected chi connectivity index (χ1v) is 11.6. The Labute approximate surface area is 206 Å². The number of methoxy groups -OCH3 is 1. The van der Waals surface area contributed by atoms with E-state index in [-0.39, 0.29) is 23.1 Å². The Morgan fingerprint density at radius 2 is 1.71 bits per heavy atom. The standard InChI is InChI=1S/C24H17ClN2O5S.ClH/c1-32-23-17(13-5-8-15(25)9-6-13)3-2-4-18(23)24-26-19-10-7-14-11-16(33(29,30)31)12-20(28)21(14)22(19)27-24;/h2-12,28H,1H3,(H,26,27)(H,29,30,31);1H. The van der Waals surface area contributed by atoms with Crippen LogP contribution >= 0.6 is 24.0 Å². The molecule has 0 spiro atoms. The zero-order valence-electron chi connectivity index (χ0n) is 17.6. The minimum absolute atomic E-state index is 0. The predicted molar refractivity (Wildman–Crippen MR) is 135 cm³/mol. The fourth-order valence-electron chi connectivity index (χ4n) is 3.96. The molecule has 0 aliphatic heterocycles. The van der Waals surface area contributed by atoms with E-state index in [4.69, 9.17) is 21.3 Å². The van der Waals surface area contributed by atoms with Crippen LogP contribution in [-0.2, 0) is 10.1 Å². The van der Waals surface area contributed by atoms with Crippen molar-refractivity contribution < 1.29 is 22.8 Å². The summed E-state index contributed by atoms with van der Waals surface area (Å²) in [6.07, 6.45) is 0. The number of benzene rings is 4. The van der Waals surface area contributed by atoms with E-state index in [2.05, 4.69) is 4.98 Å². The van der Waals surface area contributed by atoms with Gasteiger partial charge in [0.25, 0.3) is 10.1 Å². The number of para-hydroxylation sites is 1. The lowest BCUT2D eigenvalue weighted by Gasteiger charge is -2.12. The van der Waals surface area contributed by atoms with Crippen LogP contribution in [0.1, 0.15) is 0 Å². The minimum Gasteiger partial charge on any atom is -0.507 e. The van der Waals surface area contributed by atoms with Crippen LogP contribution in [0.25, 0.3) is 44.3 Å². The van der Waals surface area contributed by atoms with Crippen LogP contribution in [-0.4, -0.2) is 35.2 Å². The molecule has 0 aliphatic carbocycles. The lowest BCUT2D eigenvalue weighted by Crippen LogP contribution is -1.97. The van der Waals surface area contributed by atoms with Crippen LogP contribution in [0.2, 0.25) is 5.02 Å². The number of H-pyrrole nitrogens is 1. The number of imidazole rings is 1. The molecule has 0 radical (unpaired) electrons. The lowest BCUT2D eigenvalue weighted by atomic mass is 10.0. The van der Waals surface area contributed by atoms with Crippen LogP contribution in [0.3, 0.4) is 0 Å². The zero-order valence-corrected chi connectivity index (χ0v) is 20.0. The maximum Gasteiger partial charge on any atom is 0.294 e. The molecular formula is C24H18Cl2N2O5S. The largest absolute Gasteiger partial charge is 0.507 e. The van der Waals surface area contributed by atoms with Gasteiger partial charge in [-0.05, 0) is 41.3 Å². The Kier molecular flexibility index (Phi) is 6.18. The average Bonchev–Trinajstić information content (AvgIpc) is 3.22. The Morgan fingerprint density at radius 3 is 2.38 bits per heavy atom. The van der Waals surface area contributed by atoms with Crippen molar-refractivity contribution in [1.82, 2.24) is 9.97 Å². The Balaban J connectivity index is 0.00000274. The molecule has 0 aliphatic rings. The first-order chi connectivity index (χ1) is 15.8. The van der Waals surface area contributed by atoms with Gasteiger partial charge in [-0.1, -0.05) is 41.9 Å². The smallest absolute Gasteiger partial charge is 0.294 e. The summed E-state index contributed by atoms with van der Waals surface area (Å²) < 4.78 is 38.1. The summed E-state index contributed by atoms with van der Waals surface area (Å²) in [5, 5.41) is 12.0. The summed E-state index contributed by atoms with van der Waals surface area (Å²) in [7, 11) is -2.88. The Morgan fingerprint density at radius 1 is 1.00 bits per heavy atom. The second-order valence-electron chi connectivity index (χ2n) is 7.46. The maximum absolute atomic E-state index is 11.5. The topological polar surface area (TPSA) is 113 Å². The van der Waals surface area contributed by atoms with Crippen molar-refractivity contribution in [3.05, 3.63) is 71.8 Å². The third-order valence-corrected chi connectivity index (χ3v) is 6.53. The summed E-state index contributed by atoms with van der Waals surface area (Å²) in [4.78, 5) is 7.55. The number of phenolic OH excluding ortho intramolecular Hbond substituents is 1. The van der Waals surface area contributed by atoms with E-state index < -0.39 is 10.1 Å². The van der Waals surface area contributed by atoms with Crippen molar-refractivity contribution in [2.24, 2.45) is 0 Å². The van der Waals surface area contributed by atoms with Crippen molar-refractivity contribution in [2.45, 2.75) is 4.90 Å². The van der Waals surface area contributed by atoms with Crippen molar-refractivity contribution in [1.29, 1.82) is 0 Å². The summed E-state index contributed by atoms with van der Waals surface area (Å²) >= 11 is 6.03. The number of hydrogen-bond acceptors (Lipinski definition) is 5. The molecule has 0 unspecified atom stereocenters. The van der Waals surface area contributed by atoms with E-state index in [0.29, 0.717) is 44.0 Å². The highest BCUT2D eigenvalue weighted by atomic mass is 35.5. The number of nitrogens with zero attached hydrogens (tertiary/aromatic N) is 1. The van der Waals surface area contributed by atoms with Gasteiger partial charge >= 0.3 is 0 Å². The number of fused-ring (bicyclic) bond motifs is 3. The molecule has 1 heterocycles. The highest BCUT2D eigenvalue weighted by Gasteiger charge is 2.19. The fourth-order valence-corrected chi connectivity index (χ4v) is 4.62. The molecule has 34 heavy (non-hydrogen) atoms. The van der Waals surface area contributed by atoms with Gasteiger partial charge in [-0.2, -0.15) is 8.42 Å². The summed E-state index contributed by atoms with van der Waals surface area (Å²) in [5.41, 5.74) is 3.60. The molecule has 4 aromatic carbocycles. The van der Waals surface area contributed by atoms with Crippen LogP contribution in [0.4, 0.5) is 0 Å². The molecule has 1 aromatic heterocycles. The highest BCUT2D eigenvalue weighted by molar-refractivity contribution is 7.85. The van der Waals surface area contributed by atoms with Gasteiger partial charge in [-0.15, -0.1) is 12.4 Å². The van der Waals surface area contributed by atoms with Crippen LogP contribution < -0.4 is 4.74 Å². The summed E-state index contributed by atoms with van der Waals surface area (Å²) in [6.45, 7) is 0. The number of rotatable bonds is 4. The summed E-state index contributed by atoms with van der Waals surface area (Å²) in [6, 6.07) is 18.8. The Bertz CT molecular complexity index is 1650. The van der Waals surface area contributed by atoms with Crippen molar-refractivity contribution in [2.75, 3.05) is 7.11 Å². The normalized spacial score (nSPS) is 11.5. The molecule has 7 nitrogen and oxygen atoms in total. The van der Waals surface area contributed by atoms with E-state index >= 15 is 0 Å². The first-order valence-electron chi connectivity index (χ1n) is 9.82. The molecule has 10 heteroatoms. The Hall–Kier alpha value is -3.30. The average molecular weight is 517 g/mol. The summed E-state index contributed by atoms with van der Waals surface area (Å²) in [5.74, 6) is 0.829. The third kappa shape index (κ3) is 4.05. The molecule has 174 valence electrons. The monoisotopic (exact) mass is 516 g/mol. The molecule has 0 atom stereocenters. The first kappa shape index (κ1) is 23.8. The predicted octanol–water partition coefficient (Wildman–Crippen LogP) is 6.09. The molecule has 0 saturated carbocycles. The van der Waals surface area contributed by atoms with Gasteiger partial charge in [0.1, 0.15) is 22.8 Å². The van der Waals surface area contributed by atoms with Gasteiger partial charge in [0.05, 0.1) is 28.5 Å². The molecule has 0 amide bonds. The molecule has 5 rings (SSSR count). The number of nitrogens with one attached hydrogen (secondary N) is 1. The molecule has 0 bridgehead atoms. The van der Waals surface area contributed by atoms with Crippen LogP contribution in [0.15, 0.2) is 71.6 Å². The van der Waals surface area contributed by atoms with E-state index in [9.17, 15) is 18.1 Å². The van der Waals surface area contributed by atoms with Gasteiger partial charge in [-0.25, -0.2) is 4.98 Å². The van der Waals surface area contributed by atoms with Gasteiger partial charge in [0, 0.05) is 16.7 Å². The quantitative estimate of drug-likeness (QED) is 0.249. The molecule has 3 N–H and O–H groups in total. The second-order valence-corrected chi connectivity index (χ2v) is 9.31. The van der Waals surface area contributed by atoms with E-state index in [1.165, 1.54) is 6.07 Å². The van der Waals surface area contributed by atoms with Gasteiger partial charge < -0.3 is 14.8 Å². The van der Waals surface area contributed by atoms with Gasteiger partial charge in [-0.3, -0.25) is 4.55 Å². The van der Waals surface area contributed by atoms with Gasteiger partial charge in [0.2, 0.25) is 0 Å². The number of aromatic amines is 1. The number of halogens is 2. The van der Waals surface area contributed by atoms with E-state index in [1.54, 1.807) is 31.4 Å². The second kappa shape index (κ2) is 8.81. The minimum atomic E-state index is -4.46. The fraction of sp³-hybridized carbons (Fsp3) is 0.0417. The number of ether oxygens (including phenoxy) is 1. The number of phenols is 1. The van der Waals surface area contributed by atoms with Gasteiger partial charge in [0.15, 0.2) is 0 Å². The number of aromatic hydroxyl groups is 1. The van der Waals surface area contributed by atoms with Crippen molar-refractivity contribution in [3.63, 3.8) is 0 Å². The third-order valence-electron chi connectivity index (χ3n) is 5.45. The molecular weight excluding hydrogens is 499 g/mol. The number of aromatic nitrogens is 2. The highest BCUT2D eigenvalue weighted by Crippen LogP contribution is 2.40. The molecule has 5 aromatic rings. The molecule has 0 saturated heterocycles. The van der Waals surface area contributed by atoms with E-state index in [1.807, 2.05) is 30.3 Å². The van der Waals surface area contributed by atoms with Crippen molar-refractivity contribution >= 4 is 55.9 Å². The van der Waals surface area contributed by atoms with Crippen LogP contribution in [0.5, 0.6) is 11.5 Å². The molecule has 0 fully saturated rings.